The third-order valence-electron chi connectivity index (χ3n) is 6.63. The summed E-state index contributed by atoms with van der Waals surface area (Å²) in [6, 6.07) is 10.4. The van der Waals surface area contributed by atoms with Crippen LogP contribution in [-0.4, -0.2) is 14.1 Å². The van der Waals surface area contributed by atoms with E-state index in [-0.39, 0.29) is 0 Å². The first kappa shape index (κ1) is 27.2. The molecule has 1 aromatic rings. The summed E-state index contributed by atoms with van der Waals surface area (Å²) in [5, 5.41) is 7.08. The molecule has 0 aliphatic carbocycles. The van der Waals surface area contributed by atoms with Crippen molar-refractivity contribution in [3.8, 4) is 0 Å². The van der Waals surface area contributed by atoms with E-state index in [1.165, 1.54) is 114 Å². The molecule has 0 saturated carbocycles. The summed E-state index contributed by atoms with van der Waals surface area (Å²) in [5.41, 5.74) is 2.89. The van der Waals surface area contributed by atoms with E-state index in [2.05, 4.69) is 62.8 Å². The first-order valence-corrected chi connectivity index (χ1v) is 13.2. The Labute approximate surface area is 189 Å². The van der Waals surface area contributed by atoms with Gasteiger partial charge in [0.1, 0.15) is 0 Å². The molecule has 2 heteroatoms. The maximum Gasteiger partial charge on any atom is 0.0317 e. The van der Waals surface area contributed by atoms with E-state index in [4.69, 9.17) is 0 Å². The second-order valence-corrected chi connectivity index (χ2v) is 9.17. The highest BCUT2D eigenvalue weighted by Gasteiger charge is 2.12. The summed E-state index contributed by atoms with van der Waals surface area (Å²) < 4.78 is 0. The molecule has 0 fully saturated rings. The van der Waals surface area contributed by atoms with Crippen LogP contribution >= 0.6 is 0 Å². The molecule has 0 amide bonds. The Morgan fingerprint density at radius 2 is 0.800 bits per heavy atom. The second kappa shape index (κ2) is 18.9. The van der Waals surface area contributed by atoms with Gasteiger partial charge in [-0.2, -0.15) is 0 Å². The number of hydrogen-bond donors (Lipinski definition) is 2. The van der Waals surface area contributed by atoms with Crippen LogP contribution in [0.5, 0.6) is 0 Å². The zero-order chi connectivity index (χ0) is 21.9. The highest BCUT2D eigenvalue weighted by molar-refractivity contribution is 5.27. The van der Waals surface area contributed by atoms with Crippen molar-refractivity contribution in [1.29, 1.82) is 0 Å². The van der Waals surface area contributed by atoms with Gasteiger partial charge in [0.15, 0.2) is 0 Å². The molecule has 0 aliphatic rings. The zero-order valence-electron chi connectivity index (χ0n) is 20.8. The van der Waals surface area contributed by atoms with E-state index in [1.807, 2.05) is 0 Å². The SMILES string of the molecule is CCCCCCCCCC(NC)c1ccc(C(CCCCCCCCC)NC)cc1. The van der Waals surface area contributed by atoms with Gasteiger partial charge in [-0.1, -0.05) is 128 Å². The van der Waals surface area contributed by atoms with Gasteiger partial charge in [0.2, 0.25) is 0 Å². The molecule has 174 valence electrons. The first-order chi connectivity index (χ1) is 14.8. The summed E-state index contributed by atoms with van der Waals surface area (Å²) in [5.74, 6) is 0. The van der Waals surface area contributed by atoms with Crippen LogP contribution in [0.1, 0.15) is 140 Å². The lowest BCUT2D eigenvalue weighted by atomic mass is 9.95. The molecule has 0 heterocycles. The van der Waals surface area contributed by atoms with Crippen molar-refractivity contribution in [2.45, 2.75) is 129 Å². The minimum absolute atomic E-state index is 0.492. The van der Waals surface area contributed by atoms with Gasteiger partial charge in [-0.05, 0) is 38.1 Å². The maximum atomic E-state index is 3.54. The molecule has 2 atom stereocenters. The summed E-state index contributed by atoms with van der Waals surface area (Å²) in [6.07, 6.45) is 21.8. The van der Waals surface area contributed by atoms with Crippen molar-refractivity contribution in [3.05, 3.63) is 35.4 Å². The number of rotatable bonds is 20. The van der Waals surface area contributed by atoms with E-state index in [0.717, 1.165) is 0 Å². The molecule has 1 aromatic carbocycles. The van der Waals surface area contributed by atoms with E-state index in [0.29, 0.717) is 12.1 Å². The van der Waals surface area contributed by atoms with Crippen LogP contribution in [0.3, 0.4) is 0 Å². The topological polar surface area (TPSA) is 24.1 Å². The molecule has 0 aliphatic heterocycles. The number of benzene rings is 1. The quantitative estimate of drug-likeness (QED) is 0.208. The molecule has 1 rings (SSSR count). The van der Waals surface area contributed by atoms with Crippen molar-refractivity contribution in [2.24, 2.45) is 0 Å². The van der Waals surface area contributed by atoms with Gasteiger partial charge in [-0.15, -0.1) is 0 Å². The van der Waals surface area contributed by atoms with Gasteiger partial charge >= 0.3 is 0 Å². The van der Waals surface area contributed by atoms with Crippen LogP contribution in [0.4, 0.5) is 0 Å². The van der Waals surface area contributed by atoms with Crippen molar-refractivity contribution in [2.75, 3.05) is 14.1 Å². The molecule has 2 unspecified atom stereocenters. The molecular weight excluding hydrogens is 364 g/mol. The number of nitrogens with one attached hydrogen (secondary N) is 2. The lowest BCUT2D eigenvalue weighted by Gasteiger charge is -2.20. The van der Waals surface area contributed by atoms with Gasteiger partial charge < -0.3 is 10.6 Å². The fraction of sp³-hybridized carbons (Fsp3) is 0.786. The van der Waals surface area contributed by atoms with Crippen molar-refractivity contribution < 1.29 is 0 Å². The lowest BCUT2D eigenvalue weighted by Crippen LogP contribution is -2.18. The molecule has 30 heavy (non-hydrogen) atoms. The average Bonchev–Trinajstić information content (AvgIpc) is 2.78. The lowest BCUT2D eigenvalue weighted by molar-refractivity contribution is 0.490. The summed E-state index contributed by atoms with van der Waals surface area (Å²) in [7, 11) is 4.22. The molecule has 0 radical (unpaired) electrons. The number of hydrogen-bond acceptors (Lipinski definition) is 2. The van der Waals surface area contributed by atoms with Gasteiger partial charge in [0.25, 0.3) is 0 Å². The van der Waals surface area contributed by atoms with Crippen molar-refractivity contribution in [3.63, 3.8) is 0 Å². The van der Waals surface area contributed by atoms with E-state index in [9.17, 15) is 0 Å². The Hall–Kier alpha value is -0.860. The van der Waals surface area contributed by atoms with Crippen molar-refractivity contribution in [1.82, 2.24) is 10.6 Å². The fourth-order valence-electron chi connectivity index (χ4n) is 4.53. The van der Waals surface area contributed by atoms with Crippen LogP contribution in [0.2, 0.25) is 0 Å². The summed E-state index contributed by atoms with van der Waals surface area (Å²) >= 11 is 0. The highest BCUT2D eigenvalue weighted by atomic mass is 14.9. The minimum atomic E-state index is 0.492. The standard InChI is InChI=1S/C28H52N2/c1-5-7-9-11-13-15-17-19-27(29-3)25-21-23-26(24-22-25)28(30-4)20-18-16-14-12-10-8-6-2/h21-24,27-30H,5-20H2,1-4H3. The van der Waals surface area contributed by atoms with Gasteiger partial charge in [0, 0.05) is 12.1 Å². The average molecular weight is 417 g/mol. The van der Waals surface area contributed by atoms with E-state index < -0.39 is 0 Å². The van der Waals surface area contributed by atoms with Crippen LogP contribution in [0, 0.1) is 0 Å². The van der Waals surface area contributed by atoms with Crippen molar-refractivity contribution >= 4 is 0 Å². The molecule has 0 saturated heterocycles. The predicted octanol–water partition coefficient (Wildman–Crippen LogP) is 8.49. The third kappa shape index (κ3) is 12.1. The molecule has 0 spiro atoms. The summed E-state index contributed by atoms with van der Waals surface area (Å²) in [4.78, 5) is 0. The Kier molecular flexibility index (Phi) is 17.1. The minimum Gasteiger partial charge on any atom is -0.313 e. The predicted molar refractivity (Wildman–Crippen MR) is 135 cm³/mol. The Morgan fingerprint density at radius 1 is 0.500 bits per heavy atom. The summed E-state index contributed by atoms with van der Waals surface area (Å²) in [6.45, 7) is 4.58. The van der Waals surface area contributed by atoms with Crippen LogP contribution in [0.15, 0.2) is 24.3 Å². The fourth-order valence-corrected chi connectivity index (χ4v) is 4.53. The normalized spacial score (nSPS) is 13.5. The molecule has 0 bridgehead atoms. The Morgan fingerprint density at radius 3 is 1.10 bits per heavy atom. The van der Waals surface area contributed by atoms with Gasteiger partial charge in [-0.3, -0.25) is 0 Å². The van der Waals surface area contributed by atoms with Crippen LogP contribution < -0.4 is 10.6 Å². The first-order valence-electron chi connectivity index (χ1n) is 13.2. The largest absolute Gasteiger partial charge is 0.313 e. The second-order valence-electron chi connectivity index (χ2n) is 9.17. The van der Waals surface area contributed by atoms with Crippen LogP contribution in [-0.2, 0) is 0 Å². The zero-order valence-corrected chi connectivity index (χ0v) is 20.8. The monoisotopic (exact) mass is 416 g/mol. The Bertz CT molecular complexity index is 437. The van der Waals surface area contributed by atoms with Gasteiger partial charge in [0.05, 0.1) is 0 Å². The highest BCUT2D eigenvalue weighted by Crippen LogP contribution is 2.25. The smallest absolute Gasteiger partial charge is 0.0317 e. The maximum absolute atomic E-state index is 3.54. The van der Waals surface area contributed by atoms with Crippen LogP contribution in [0.25, 0.3) is 0 Å². The molecular formula is C28H52N2. The van der Waals surface area contributed by atoms with Gasteiger partial charge in [-0.25, -0.2) is 0 Å². The Balaban J connectivity index is 2.35. The van der Waals surface area contributed by atoms with E-state index >= 15 is 0 Å². The van der Waals surface area contributed by atoms with E-state index in [1.54, 1.807) is 0 Å². The third-order valence-corrected chi connectivity index (χ3v) is 6.63. The molecule has 2 N–H and O–H groups in total. The molecule has 2 nitrogen and oxygen atoms in total. The number of unbranched alkanes of at least 4 members (excludes halogenated alkanes) is 12. The molecule has 0 aromatic heterocycles.